The lowest BCUT2D eigenvalue weighted by Gasteiger charge is -2.14. The molecule has 0 amide bonds. The number of rotatable bonds is 5. The van der Waals surface area contributed by atoms with Crippen molar-refractivity contribution < 1.29 is 4.74 Å². The molecule has 2 nitrogen and oxygen atoms in total. The summed E-state index contributed by atoms with van der Waals surface area (Å²) < 4.78 is 5.69. The van der Waals surface area contributed by atoms with Crippen molar-refractivity contribution in [3.8, 4) is 17.6 Å². The van der Waals surface area contributed by atoms with Gasteiger partial charge in [-0.1, -0.05) is 25.0 Å². The first-order chi connectivity index (χ1) is 8.58. The van der Waals surface area contributed by atoms with E-state index in [1.54, 1.807) is 0 Å². The smallest absolute Gasteiger partial charge is 0.149 e. The predicted molar refractivity (Wildman–Crippen MR) is 76.8 cm³/mol. The van der Waals surface area contributed by atoms with Gasteiger partial charge in [0.1, 0.15) is 12.4 Å². The molecule has 0 bridgehead atoms. The maximum atomic E-state index is 5.99. The van der Waals surface area contributed by atoms with Crippen LogP contribution in [0.3, 0.4) is 0 Å². The van der Waals surface area contributed by atoms with Gasteiger partial charge in [0.05, 0.1) is 0 Å². The molecule has 0 fully saturated rings. The van der Waals surface area contributed by atoms with Gasteiger partial charge in [-0.15, -0.1) is 5.92 Å². The Labute approximate surface area is 111 Å². The SMILES string of the molecule is CC#CCOc1c(C)cc(CC(N)CC)cc1C. The Hall–Kier alpha value is -1.46. The minimum absolute atomic E-state index is 0.238. The third kappa shape index (κ3) is 4.09. The molecule has 0 aliphatic heterocycles. The van der Waals surface area contributed by atoms with Crippen LogP contribution in [0.4, 0.5) is 0 Å². The largest absolute Gasteiger partial charge is 0.480 e. The Kier molecular flexibility index (Phi) is 5.74. The molecule has 0 saturated heterocycles. The van der Waals surface area contributed by atoms with Crippen LogP contribution in [0.5, 0.6) is 5.75 Å². The van der Waals surface area contributed by atoms with E-state index in [1.165, 1.54) is 5.56 Å². The monoisotopic (exact) mass is 245 g/mol. The number of benzene rings is 1. The normalized spacial score (nSPS) is 11.6. The maximum absolute atomic E-state index is 5.99. The molecule has 1 rings (SSSR count). The molecule has 0 aliphatic rings. The number of aryl methyl sites for hydroxylation is 2. The van der Waals surface area contributed by atoms with Crippen LogP contribution in [0.15, 0.2) is 12.1 Å². The third-order valence-corrected chi connectivity index (χ3v) is 3.01. The first-order valence-electron chi connectivity index (χ1n) is 6.46. The number of ether oxygens (including phenoxy) is 1. The number of nitrogens with two attached hydrogens (primary N) is 1. The van der Waals surface area contributed by atoms with E-state index in [9.17, 15) is 0 Å². The van der Waals surface area contributed by atoms with Crippen LogP contribution in [-0.4, -0.2) is 12.6 Å². The second-order valence-electron chi connectivity index (χ2n) is 4.65. The van der Waals surface area contributed by atoms with Gasteiger partial charge < -0.3 is 10.5 Å². The second kappa shape index (κ2) is 7.08. The molecule has 0 radical (unpaired) electrons. The highest BCUT2D eigenvalue weighted by molar-refractivity contribution is 5.43. The zero-order valence-corrected chi connectivity index (χ0v) is 11.8. The highest BCUT2D eigenvalue weighted by atomic mass is 16.5. The Morgan fingerprint density at radius 1 is 1.28 bits per heavy atom. The van der Waals surface area contributed by atoms with Gasteiger partial charge in [-0.05, 0) is 50.3 Å². The molecule has 1 atom stereocenters. The first-order valence-corrected chi connectivity index (χ1v) is 6.46. The van der Waals surface area contributed by atoms with E-state index in [4.69, 9.17) is 10.5 Å². The minimum Gasteiger partial charge on any atom is -0.480 e. The van der Waals surface area contributed by atoms with Crippen molar-refractivity contribution in [3.63, 3.8) is 0 Å². The zero-order valence-electron chi connectivity index (χ0n) is 11.8. The van der Waals surface area contributed by atoms with Crippen LogP contribution >= 0.6 is 0 Å². The average molecular weight is 245 g/mol. The fourth-order valence-electron chi connectivity index (χ4n) is 2.01. The third-order valence-electron chi connectivity index (χ3n) is 3.01. The van der Waals surface area contributed by atoms with E-state index in [-0.39, 0.29) is 6.04 Å². The average Bonchev–Trinajstić information content (AvgIpc) is 2.32. The van der Waals surface area contributed by atoms with Crippen LogP contribution in [0.2, 0.25) is 0 Å². The predicted octanol–water partition coefficient (Wildman–Crippen LogP) is 2.99. The van der Waals surface area contributed by atoms with Crippen LogP contribution in [-0.2, 0) is 6.42 Å². The molecule has 0 aromatic heterocycles. The lowest BCUT2D eigenvalue weighted by molar-refractivity contribution is 0.364. The molecule has 1 unspecified atom stereocenters. The summed E-state index contributed by atoms with van der Waals surface area (Å²) in [6, 6.07) is 4.57. The summed E-state index contributed by atoms with van der Waals surface area (Å²) in [5.41, 5.74) is 9.59. The van der Waals surface area contributed by atoms with Crippen molar-refractivity contribution in [2.24, 2.45) is 5.73 Å². The van der Waals surface area contributed by atoms with Crippen LogP contribution in [0.1, 0.15) is 37.0 Å². The van der Waals surface area contributed by atoms with Gasteiger partial charge in [-0.2, -0.15) is 0 Å². The molecule has 2 N–H and O–H groups in total. The minimum atomic E-state index is 0.238. The highest BCUT2D eigenvalue weighted by Crippen LogP contribution is 2.25. The molecule has 0 spiro atoms. The van der Waals surface area contributed by atoms with Crippen LogP contribution in [0.25, 0.3) is 0 Å². The fourth-order valence-corrected chi connectivity index (χ4v) is 2.01. The lowest BCUT2D eigenvalue weighted by atomic mass is 9.99. The van der Waals surface area contributed by atoms with E-state index in [0.717, 1.165) is 29.7 Å². The number of hydrogen-bond acceptors (Lipinski definition) is 2. The van der Waals surface area contributed by atoms with Gasteiger partial charge in [0.2, 0.25) is 0 Å². The maximum Gasteiger partial charge on any atom is 0.149 e. The zero-order chi connectivity index (χ0) is 13.5. The summed E-state index contributed by atoms with van der Waals surface area (Å²) in [5.74, 6) is 6.70. The summed E-state index contributed by atoms with van der Waals surface area (Å²) in [6.07, 6.45) is 1.93. The van der Waals surface area contributed by atoms with Crippen LogP contribution < -0.4 is 10.5 Å². The van der Waals surface area contributed by atoms with Crippen molar-refractivity contribution in [3.05, 3.63) is 28.8 Å². The van der Waals surface area contributed by atoms with E-state index >= 15 is 0 Å². The van der Waals surface area contributed by atoms with Gasteiger partial charge in [0, 0.05) is 6.04 Å². The first kappa shape index (κ1) is 14.6. The fraction of sp³-hybridized carbons (Fsp3) is 0.500. The molecule has 1 aromatic rings. The van der Waals surface area contributed by atoms with Crippen LogP contribution in [0, 0.1) is 25.7 Å². The van der Waals surface area contributed by atoms with E-state index in [2.05, 4.69) is 44.7 Å². The lowest BCUT2D eigenvalue weighted by Crippen LogP contribution is -2.21. The molecule has 18 heavy (non-hydrogen) atoms. The summed E-state index contributed by atoms with van der Waals surface area (Å²) in [5, 5.41) is 0. The van der Waals surface area contributed by atoms with Crippen molar-refractivity contribution in [1.29, 1.82) is 0 Å². The van der Waals surface area contributed by atoms with Crippen molar-refractivity contribution in [2.75, 3.05) is 6.61 Å². The molecular formula is C16H23NO. The molecular weight excluding hydrogens is 222 g/mol. The van der Waals surface area contributed by atoms with E-state index < -0.39 is 0 Å². The summed E-state index contributed by atoms with van der Waals surface area (Å²) in [4.78, 5) is 0. The standard InChI is InChI=1S/C16H23NO/c1-5-7-8-18-16-12(3)9-14(10-13(16)4)11-15(17)6-2/h9-10,15H,6,8,11,17H2,1-4H3. The second-order valence-corrected chi connectivity index (χ2v) is 4.65. The van der Waals surface area contributed by atoms with Gasteiger partial charge in [-0.3, -0.25) is 0 Å². The quantitative estimate of drug-likeness (QED) is 0.809. The molecule has 0 heterocycles. The van der Waals surface area contributed by atoms with Crippen molar-refractivity contribution in [1.82, 2.24) is 0 Å². The van der Waals surface area contributed by atoms with Crippen molar-refractivity contribution in [2.45, 2.75) is 46.6 Å². The molecule has 2 heteroatoms. The van der Waals surface area contributed by atoms with E-state index in [0.29, 0.717) is 6.61 Å². The molecule has 98 valence electrons. The van der Waals surface area contributed by atoms with Gasteiger partial charge in [0.25, 0.3) is 0 Å². The molecule has 0 aliphatic carbocycles. The summed E-state index contributed by atoms with van der Waals surface area (Å²) in [6.45, 7) is 8.53. The topological polar surface area (TPSA) is 35.2 Å². The van der Waals surface area contributed by atoms with Gasteiger partial charge in [-0.25, -0.2) is 0 Å². The Bertz CT molecular complexity index is 431. The van der Waals surface area contributed by atoms with E-state index in [1.807, 2.05) is 6.92 Å². The summed E-state index contributed by atoms with van der Waals surface area (Å²) in [7, 11) is 0. The Morgan fingerprint density at radius 2 is 1.89 bits per heavy atom. The number of hydrogen-bond donors (Lipinski definition) is 1. The van der Waals surface area contributed by atoms with Gasteiger partial charge in [0.15, 0.2) is 0 Å². The Morgan fingerprint density at radius 3 is 2.39 bits per heavy atom. The highest BCUT2D eigenvalue weighted by Gasteiger charge is 2.08. The molecule has 0 saturated carbocycles. The molecule has 1 aromatic carbocycles. The van der Waals surface area contributed by atoms with Crippen molar-refractivity contribution >= 4 is 0 Å². The summed E-state index contributed by atoms with van der Waals surface area (Å²) >= 11 is 0. The Balaban J connectivity index is 2.85. The van der Waals surface area contributed by atoms with Gasteiger partial charge >= 0.3 is 0 Å².